The number of aromatic nitrogens is 2. The van der Waals surface area contributed by atoms with E-state index in [2.05, 4.69) is 56.3 Å². The van der Waals surface area contributed by atoms with Gasteiger partial charge in [-0.25, -0.2) is 4.98 Å². The number of halogens is 4. The van der Waals surface area contributed by atoms with Gasteiger partial charge in [0, 0.05) is 66.4 Å². The number of benzene rings is 2. The summed E-state index contributed by atoms with van der Waals surface area (Å²) in [7, 11) is 2.09. The SMILES string of the molecule is CN1CC(c2ccc(C3CCC(=O)NC3=O)c(Cl)c2)C1.Cc1cc(SNC2CCC2)ccc1Nc1ncc(C(F)(F)F)c(N2CCCC(C)C2)n1. The van der Waals surface area contributed by atoms with Gasteiger partial charge >= 0.3 is 6.18 Å². The van der Waals surface area contributed by atoms with Crippen molar-refractivity contribution in [3.63, 3.8) is 0 Å². The topological polar surface area (TPSA) is 102 Å². The lowest BCUT2D eigenvalue weighted by atomic mass is 9.87. The normalized spacial score (nSPS) is 21.7. The van der Waals surface area contributed by atoms with Crippen molar-refractivity contribution in [1.29, 1.82) is 0 Å². The smallest absolute Gasteiger partial charge is 0.356 e. The number of hydrogen-bond donors (Lipinski definition) is 3. The Morgan fingerprint density at radius 2 is 1.80 bits per heavy atom. The molecule has 4 heterocycles. The van der Waals surface area contributed by atoms with Crippen LogP contribution in [0, 0.1) is 12.8 Å². The Morgan fingerprint density at radius 1 is 1.02 bits per heavy atom. The second-order valence-electron chi connectivity index (χ2n) is 14.3. The Hall–Kier alpha value is -3.39. The van der Waals surface area contributed by atoms with E-state index in [-0.39, 0.29) is 29.5 Å². The Labute approximate surface area is 306 Å². The highest BCUT2D eigenvalue weighted by molar-refractivity contribution is 7.97. The molecule has 3 saturated heterocycles. The summed E-state index contributed by atoms with van der Waals surface area (Å²) in [5, 5.41) is 6.12. The number of piperidine rings is 2. The largest absolute Gasteiger partial charge is 0.421 e. The van der Waals surface area contributed by atoms with E-state index in [1.165, 1.54) is 24.8 Å². The number of anilines is 3. The molecule has 9 nitrogen and oxygen atoms in total. The number of rotatable bonds is 8. The summed E-state index contributed by atoms with van der Waals surface area (Å²) >= 11 is 7.97. The molecule has 1 saturated carbocycles. The van der Waals surface area contributed by atoms with Crippen molar-refractivity contribution in [2.45, 2.75) is 87.7 Å². The zero-order valence-corrected chi connectivity index (χ0v) is 30.7. The Balaban J connectivity index is 0.000000193. The van der Waals surface area contributed by atoms with Crippen molar-refractivity contribution in [3.05, 3.63) is 69.9 Å². The monoisotopic (exact) mass is 743 g/mol. The molecule has 2 aromatic carbocycles. The summed E-state index contributed by atoms with van der Waals surface area (Å²) in [5.41, 5.74) is 3.04. The average molecular weight is 744 g/mol. The van der Waals surface area contributed by atoms with Gasteiger partial charge in [0.2, 0.25) is 17.8 Å². The van der Waals surface area contributed by atoms with E-state index in [1.807, 2.05) is 31.2 Å². The molecule has 2 atom stereocenters. The number of nitrogens with zero attached hydrogens (tertiary/aromatic N) is 4. The van der Waals surface area contributed by atoms with E-state index in [0.29, 0.717) is 48.8 Å². The number of imide groups is 1. The minimum absolute atomic E-state index is 0.0360. The van der Waals surface area contributed by atoms with Crippen LogP contribution in [-0.4, -0.2) is 66.0 Å². The molecule has 3 aliphatic heterocycles. The van der Waals surface area contributed by atoms with Crippen molar-refractivity contribution in [2.75, 3.05) is 43.4 Å². The Bertz CT molecular complexity index is 1730. The summed E-state index contributed by atoms with van der Waals surface area (Å²) < 4.78 is 44.2. The fourth-order valence-corrected chi connectivity index (χ4v) is 8.10. The molecule has 1 aliphatic carbocycles. The average Bonchev–Trinajstić information content (AvgIpc) is 3.04. The molecule has 3 aromatic rings. The number of amides is 2. The summed E-state index contributed by atoms with van der Waals surface area (Å²) in [6, 6.07) is 12.5. The first kappa shape index (κ1) is 37.4. The number of likely N-dealkylation sites (tertiary alicyclic amines) is 1. The first-order chi connectivity index (χ1) is 24.3. The number of carbonyl (C=O) groups is 2. The number of carbonyl (C=O) groups excluding carboxylic acids is 2. The standard InChI is InChI=1S/C22H28F3N5S.C15H17ClN2O2/c1-14-5-4-10-30(13-14)20-18(22(23,24)25)12-26-21(28-20)27-19-9-8-17(11-15(19)2)31-29-16-6-3-7-16;1-18-7-10(8-18)9-2-3-11(13(16)6-9)12-4-5-14(19)17-15(12)20/h8-9,11-12,14,16,29H,3-7,10,13H2,1-2H3,(H,26,27,28);2-3,6,10,12H,4-5,7-8H2,1H3,(H,17,19,20). The van der Waals surface area contributed by atoms with Crippen LogP contribution in [0.4, 0.5) is 30.6 Å². The van der Waals surface area contributed by atoms with Crippen LogP contribution in [0.5, 0.6) is 0 Å². The maximum Gasteiger partial charge on any atom is 0.421 e. The van der Waals surface area contributed by atoms with Crippen molar-refractivity contribution in [2.24, 2.45) is 5.92 Å². The first-order valence-electron chi connectivity index (χ1n) is 17.6. The predicted octanol–water partition coefficient (Wildman–Crippen LogP) is 7.82. The summed E-state index contributed by atoms with van der Waals surface area (Å²) in [6.07, 6.45) is 2.92. The zero-order valence-electron chi connectivity index (χ0n) is 29.2. The molecule has 2 amide bonds. The molecule has 274 valence electrons. The van der Waals surface area contributed by atoms with Crippen molar-refractivity contribution >= 4 is 52.8 Å². The second-order valence-corrected chi connectivity index (χ2v) is 15.6. The maximum absolute atomic E-state index is 13.6. The molecule has 14 heteroatoms. The van der Waals surface area contributed by atoms with Crippen LogP contribution in [0.25, 0.3) is 0 Å². The highest BCUT2D eigenvalue weighted by Crippen LogP contribution is 2.38. The number of nitrogens with one attached hydrogen (secondary N) is 3. The van der Waals surface area contributed by atoms with Gasteiger partial charge in [-0.05, 0) is 105 Å². The van der Waals surface area contributed by atoms with Gasteiger partial charge < -0.3 is 15.1 Å². The highest BCUT2D eigenvalue weighted by Gasteiger charge is 2.38. The van der Waals surface area contributed by atoms with Crippen molar-refractivity contribution in [1.82, 2.24) is 24.9 Å². The van der Waals surface area contributed by atoms with Crippen LogP contribution >= 0.6 is 23.5 Å². The van der Waals surface area contributed by atoms with E-state index >= 15 is 0 Å². The maximum atomic E-state index is 13.6. The summed E-state index contributed by atoms with van der Waals surface area (Å²) in [6.45, 7) is 7.26. The van der Waals surface area contributed by atoms with Crippen molar-refractivity contribution < 1.29 is 22.8 Å². The molecule has 0 radical (unpaired) electrons. The Kier molecular flexibility index (Phi) is 11.8. The molecule has 4 aliphatic rings. The molecule has 0 spiro atoms. The lowest BCUT2D eigenvalue weighted by Crippen LogP contribution is -2.41. The predicted molar refractivity (Wildman–Crippen MR) is 196 cm³/mol. The quantitative estimate of drug-likeness (QED) is 0.158. The molecule has 0 bridgehead atoms. The van der Waals surface area contributed by atoms with Crippen LogP contribution in [-0.2, 0) is 15.8 Å². The lowest BCUT2D eigenvalue weighted by molar-refractivity contribution is -0.138. The van der Waals surface area contributed by atoms with Crippen LogP contribution in [0.1, 0.15) is 86.0 Å². The fourth-order valence-electron chi connectivity index (χ4n) is 6.87. The molecule has 4 fully saturated rings. The van der Waals surface area contributed by atoms with E-state index in [0.717, 1.165) is 53.8 Å². The number of aryl methyl sites for hydroxylation is 1. The molecule has 2 unspecified atom stereocenters. The summed E-state index contributed by atoms with van der Waals surface area (Å²) in [5.74, 6) is 0.271. The third kappa shape index (κ3) is 9.35. The van der Waals surface area contributed by atoms with Crippen LogP contribution in [0.2, 0.25) is 5.02 Å². The fraction of sp³-hybridized carbons (Fsp3) is 0.514. The van der Waals surface area contributed by atoms with Gasteiger partial charge in [-0.3, -0.25) is 19.6 Å². The Morgan fingerprint density at radius 3 is 2.43 bits per heavy atom. The minimum Gasteiger partial charge on any atom is -0.356 e. The van der Waals surface area contributed by atoms with Crippen LogP contribution in [0.3, 0.4) is 0 Å². The molecule has 3 N–H and O–H groups in total. The minimum atomic E-state index is -4.49. The van der Waals surface area contributed by atoms with E-state index in [9.17, 15) is 22.8 Å². The van der Waals surface area contributed by atoms with Crippen LogP contribution < -0.4 is 20.3 Å². The van der Waals surface area contributed by atoms with E-state index in [4.69, 9.17) is 11.6 Å². The highest BCUT2D eigenvalue weighted by atomic mass is 35.5. The number of alkyl halides is 3. The molecule has 1 aromatic heterocycles. The first-order valence-corrected chi connectivity index (χ1v) is 18.8. The van der Waals surface area contributed by atoms with Gasteiger partial charge in [0.15, 0.2) is 0 Å². The molecular weight excluding hydrogens is 699 g/mol. The second kappa shape index (κ2) is 16.1. The van der Waals surface area contributed by atoms with Gasteiger partial charge in [0.05, 0.1) is 5.92 Å². The summed E-state index contributed by atoms with van der Waals surface area (Å²) in [4.78, 5) is 36.4. The van der Waals surface area contributed by atoms with Gasteiger partial charge in [-0.1, -0.05) is 37.1 Å². The van der Waals surface area contributed by atoms with Gasteiger partial charge in [0.1, 0.15) is 11.4 Å². The molecule has 51 heavy (non-hydrogen) atoms. The van der Waals surface area contributed by atoms with E-state index < -0.39 is 11.7 Å². The molecule has 7 rings (SSSR count). The number of hydrogen-bond acceptors (Lipinski definition) is 9. The lowest BCUT2D eigenvalue weighted by Gasteiger charge is -2.36. The zero-order chi connectivity index (χ0) is 36.3. The third-order valence-electron chi connectivity index (χ3n) is 10.1. The number of likely N-dealkylation sites (N-methyl/N-ethyl adjacent to an activating group) is 1. The van der Waals surface area contributed by atoms with Crippen molar-refractivity contribution in [3.8, 4) is 0 Å². The molecular formula is C37H45ClF3N7O2S. The van der Waals surface area contributed by atoms with Gasteiger partial charge in [-0.15, -0.1) is 0 Å². The third-order valence-corrected chi connectivity index (χ3v) is 11.4. The van der Waals surface area contributed by atoms with Gasteiger partial charge in [0.25, 0.3) is 0 Å². The van der Waals surface area contributed by atoms with E-state index in [1.54, 1.807) is 16.8 Å². The van der Waals surface area contributed by atoms with Crippen LogP contribution in [0.15, 0.2) is 47.5 Å². The van der Waals surface area contributed by atoms with Gasteiger partial charge in [-0.2, -0.15) is 18.2 Å².